The molecule has 0 aromatic carbocycles. The van der Waals surface area contributed by atoms with Crippen molar-refractivity contribution in [2.45, 2.75) is 18.6 Å². The number of alkyl halides is 1. The average Bonchev–Trinajstić information content (AvgIpc) is 2.93. The minimum atomic E-state index is -0.947. The van der Waals surface area contributed by atoms with Crippen LogP contribution in [-0.4, -0.2) is 64.5 Å². The molecule has 3 heterocycles. The number of hydrazone groups is 1. The summed E-state index contributed by atoms with van der Waals surface area (Å²) in [5.74, 6) is 0.223. The normalized spacial score (nSPS) is 30.3. The highest BCUT2D eigenvalue weighted by atomic mass is 19.1. The van der Waals surface area contributed by atoms with Crippen LogP contribution in [0.4, 0.5) is 4.39 Å². The largest absolute Gasteiger partial charge is 0.480 e. The lowest BCUT2D eigenvalue weighted by atomic mass is 10.3. The molecule has 0 bridgehead atoms. The highest BCUT2D eigenvalue weighted by Gasteiger charge is 2.35. The third-order valence-corrected chi connectivity index (χ3v) is 3.29. The average molecular weight is 252 g/mol. The number of nitrogens with zero attached hydrogens (tertiary/aromatic N) is 4. The van der Waals surface area contributed by atoms with Crippen molar-refractivity contribution in [1.29, 1.82) is 0 Å². The number of aliphatic carboxylic acids is 1. The van der Waals surface area contributed by atoms with Crippen LogP contribution in [0.25, 0.3) is 0 Å². The molecule has 1 fully saturated rings. The highest BCUT2D eigenvalue weighted by Crippen LogP contribution is 2.20. The molecule has 0 saturated carbocycles. The maximum Gasteiger partial charge on any atom is 0.330 e. The number of hydrogen-bond donors (Lipinski definition) is 1. The van der Waals surface area contributed by atoms with Crippen molar-refractivity contribution in [2.24, 2.45) is 10.1 Å². The Balaban J connectivity index is 1.81. The number of carbonyl (C=O) groups is 1. The second-order valence-corrected chi connectivity index (χ2v) is 4.52. The van der Waals surface area contributed by atoms with Crippen LogP contribution in [0.15, 0.2) is 22.2 Å². The second-order valence-electron chi connectivity index (χ2n) is 4.52. The predicted octanol–water partition coefficient (Wildman–Crippen LogP) is 0.0808. The van der Waals surface area contributed by atoms with E-state index in [2.05, 4.69) is 10.1 Å². The van der Waals surface area contributed by atoms with Gasteiger partial charge in [0.2, 0.25) is 0 Å². The molecule has 2 unspecified atom stereocenters. The first-order valence-corrected chi connectivity index (χ1v) is 5.87. The first-order chi connectivity index (χ1) is 8.65. The van der Waals surface area contributed by atoms with Gasteiger partial charge >= 0.3 is 5.97 Å². The molecule has 18 heavy (non-hydrogen) atoms. The summed E-state index contributed by atoms with van der Waals surface area (Å²) in [5, 5.41) is 14.7. The van der Waals surface area contributed by atoms with Crippen molar-refractivity contribution in [2.75, 3.05) is 19.6 Å². The molecular weight excluding hydrogens is 239 g/mol. The molecule has 3 rings (SSSR count). The minimum absolute atomic E-state index is 0.206. The van der Waals surface area contributed by atoms with E-state index in [1.165, 1.54) is 5.01 Å². The minimum Gasteiger partial charge on any atom is -0.480 e. The summed E-state index contributed by atoms with van der Waals surface area (Å²) >= 11 is 0. The number of rotatable bonds is 1. The van der Waals surface area contributed by atoms with E-state index >= 15 is 0 Å². The van der Waals surface area contributed by atoms with E-state index in [9.17, 15) is 9.18 Å². The lowest BCUT2D eigenvalue weighted by Gasteiger charge is -2.26. The Hall–Kier alpha value is -1.92. The molecule has 0 aromatic rings. The number of fused-ring (bicyclic) bond motifs is 1. The SMILES string of the molecule is O=C(O)C1CN=C2C=CC(N3CCC(F)C3)=NN21. The first-order valence-electron chi connectivity index (χ1n) is 5.87. The van der Waals surface area contributed by atoms with Crippen LogP contribution in [0.2, 0.25) is 0 Å². The van der Waals surface area contributed by atoms with Gasteiger partial charge in [0, 0.05) is 6.54 Å². The molecule has 0 aromatic heterocycles. The Morgan fingerprint density at radius 3 is 2.89 bits per heavy atom. The summed E-state index contributed by atoms with van der Waals surface area (Å²) in [6, 6.07) is -0.747. The van der Waals surface area contributed by atoms with Gasteiger partial charge in [-0.3, -0.25) is 4.99 Å². The molecule has 1 saturated heterocycles. The van der Waals surface area contributed by atoms with Crippen LogP contribution < -0.4 is 0 Å². The first kappa shape index (κ1) is 11.2. The van der Waals surface area contributed by atoms with Crippen molar-refractivity contribution in [3.8, 4) is 0 Å². The lowest BCUT2D eigenvalue weighted by Crippen LogP contribution is -2.42. The predicted molar refractivity (Wildman–Crippen MR) is 63.2 cm³/mol. The zero-order valence-corrected chi connectivity index (χ0v) is 9.66. The van der Waals surface area contributed by atoms with Crippen molar-refractivity contribution in [3.63, 3.8) is 0 Å². The third-order valence-electron chi connectivity index (χ3n) is 3.29. The molecular formula is C11H13FN4O2. The van der Waals surface area contributed by atoms with Gasteiger partial charge in [-0.25, -0.2) is 14.2 Å². The van der Waals surface area contributed by atoms with E-state index in [0.29, 0.717) is 31.2 Å². The van der Waals surface area contributed by atoms with E-state index in [1.54, 1.807) is 12.2 Å². The Morgan fingerprint density at radius 1 is 1.44 bits per heavy atom. The molecule has 7 heteroatoms. The molecule has 96 valence electrons. The van der Waals surface area contributed by atoms with E-state index in [4.69, 9.17) is 5.11 Å². The number of carboxylic acids is 1. The van der Waals surface area contributed by atoms with Crippen molar-refractivity contribution in [3.05, 3.63) is 12.2 Å². The van der Waals surface area contributed by atoms with Gasteiger partial charge < -0.3 is 10.0 Å². The molecule has 3 aliphatic heterocycles. The zero-order valence-electron chi connectivity index (χ0n) is 9.66. The summed E-state index contributed by atoms with van der Waals surface area (Å²) in [6.07, 6.45) is 3.16. The van der Waals surface area contributed by atoms with Crippen LogP contribution in [0.5, 0.6) is 0 Å². The van der Waals surface area contributed by atoms with Crippen LogP contribution in [-0.2, 0) is 4.79 Å². The van der Waals surface area contributed by atoms with Crippen LogP contribution in [0.1, 0.15) is 6.42 Å². The zero-order chi connectivity index (χ0) is 12.7. The van der Waals surface area contributed by atoms with Crippen LogP contribution in [0, 0.1) is 0 Å². The summed E-state index contributed by atoms with van der Waals surface area (Å²) in [7, 11) is 0. The fourth-order valence-electron chi connectivity index (χ4n) is 2.31. The molecule has 0 radical (unpaired) electrons. The smallest absolute Gasteiger partial charge is 0.330 e. The van der Waals surface area contributed by atoms with Gasteiger partial charge in [0.1, 0.15) is 17.8 Å². The Labute approximate surface area is 103 Å². The van der Waals surface area contributed by atoms with E-state index in [0.717, 1.165) is 0 Å². The van der Waals surface area contributed by atoms with Gasteiger partial charge in [-0.1, -0.05) is 0 Å². The van der Waals surface area contributed by atoms with Crippen LogP contribution in [0.3, 0.4) is 0 Å². The number of carboxylic acid groups (broad SMARTS) is 1. The van der Waals surface area contributed by atoms with Gasteiger partial charge in [0.25, 0.3) is 0 Å². The fraction of sp³-hybridized carbons (Fsp3) is 0.545. The summed E-state index contributed by atoms with van der Waals surface area (Å²) in [5.41, 5.74) is 0. The summed E-state index contributed by atoms with van der Waals surface area (Å²) in [6.45, 7) is 1.14. The van der Waals surface area contributed by atoms with Crippen molar-refractivity contribution >= 4 is 17.6 Å². The van der Waals surface area contributed by atoms with Gasteiger partial charge in [0.15, 0.2) is 6.04 Å². The number of hydrogen-bond acceptors (Lipinski definition) is 5. The maximum atomic E-state index is 13.1. The molecule has 1 N–H and O–H groups in total. The molecule has 0 amide bonds. The topological polar surface area (TPSA) is 68.5 Å². The van der Waals surface area contributed by atoms with Crippen LogP contribution >= 0.6 is 0 Å². The Morgan fingerprint density at radius 2 is 2.22 bits per heavy atom. The number of amidine groups is 2. The second kappa shape index (κ2) is 4.08. The summed E-state index contributed by atoms with van der Waals surface area (Å²) in [4.78, 5) is 17.0. The number of halogens is 1. The molecule has 3 aliphatic rings. The van der Waals surface area contributed by atoms with Crippen molar-refractivity contribution < 1.29 is 14.3 Å². The highest BCUT2D eigenvalue weighted by molar-refractivity contribution is 6.07. The Kier molecular flexibility index (Phi) is 2.53. The Bertz CT molecular complexity index is 474. The number of likely N-dealkylation sites (tertiary alicyclic amines) is 1. The monoisotopic (exact) mass is 252 g/mol. The van der Waals surface area contributed by atoms with Gasteiger partial charge in [-0.05, 0) is 18.6 Å². The number of aliphatic imine (C=N–C) groups is 1. The quantitative estimate of drug-likeness (QED) is 0.717. The lowest BCUT2D eigenvalue weighted by molar-refractivity contribution is -0.141. The molecule has 6 nitrogen and oxygen atoms in total. The fourth-order valence-corrected chi connectivity index (χ4v) is 2.31. The molecule has 2 atom stereocenters. The standard InChI is InChI=1S/C11H13FN4O2/c12-7-3-4-15(6-7)10-2-1-9-13-5-8(11(17)18)16(9)14-10/h1-2,7-8H,3-6H2,(H,17,18). The third kappa shape index (κ3) is 1.75. The van der Waals surface area contributed by atoms with E-state index < -0.39 is 18.2 Å². The molecule has 0 spiro atoms. The van der Waals surface area contributed by atoms with Gasteiger partial charge in [-0.2, -0.15) is 5.10 Å². The van der Waals surface area contributed by atoms with E-state index in [-0.39, 0.29) is 6.54 Å². The van der Waals surface area contributed by atoms with E-state index in [1.807, 2.05) is 4.90 Å². The van der Waals surface area contributed by atoms with Crippen molar-refractivity contribution in [1.82, 2.24) is 9.91 Å². The molecule has 0 aliphatic carbocycles. The van der Waals surface area contributed by atoms with Gasteiger partial charge in [0.05, 0.1) is 13.1 Å². The van der Waals surface area contributed by atoms with Gasteiger partial charge in [-0.15, -0.1) is 0 Å². The maximum absolute atomic E-state index is 13.1. The summed E-state index contributed by atoms with van der Waals surface area (Å²) < 4.78 is 13.1.